The van der Waals surface area contributed by atoms with Crippen LogP contribution in [-0.4, -0.2) is 16.8 Å². The third-order valence-electron chi connectivity index (χ3n) is 5.23. The van der Waals surface area contributed by atoms with Crippen LogP contribution in [0.5, 0.6) is 0 Å². The van der Waals surface area contributed by atoms with Crippen LogP contribution in [-0.2, 0) is 20.0 Å². The third kappa shape index (κ3) is 4.32. The van der Waals surface area contributed by atoms with Crippen molar-refractivity contribution >= 4 is 42.2 Å². The van der Waals surface area contributed by atoms with Crippen molar-refractivity contribution in [1.82, 2.24) is 0 Å². The van der Waals surface area contributed by atoms with E-state index in [1.807, 2.05) is 26.0 Å². The maximum Gasteiger partial charge on any atom is 0.261 e. The van der Waals surface area contributed by atoms with Crippen LogP contribution in [0.25, 0.3) is 10.8 Å². The molecule has 0 bridgehead atoms. The van der Waals surface area contributed by atoms with Crippen LogP contribution in [0.3, 0.4) is 0 Å². The highest BCUT2D eigenvalue weighted by atomic mass is 32.2. The fourth-order valence-corrected chi connectivity index (χ4v) is 5.59. The van der Waals surface area contributed by atoms with Gasteiger partial charge in [-0.3, -0.25) is 9.44 Å². The third-order valence-corrected chi connectivity index (χ3v) is 7.99. The minimum Gasteiger partial charge on any atom is -0.279 e. The van der Waals surface area contributed by atoms with Crippen LogP contribution in [0.15, 0.2) is 94.7 Å². The zero-order chi connectivity index (χ0) is 22.9. The molecule has 4 aromatic rings. The second-order valence-electron chi connectivity index (χ2n) is 7.48. The SMILES string of the molecule is Cc1cc2c(NS(=O)(=O)c3ccccc3)ccc(NS(=O)(=O)c3ccccc3)c2cc1C. The molecule has 4 aromatic carbocycles. The highest BCUT2D eigenvalue weighted by molar-refractivity contribution is 7.93. The lowest BCUT2D eigenvalue weighted by Gasteiger charge is -2.16. The number of fused-ring (bicyclic) bond motifs is 1. The van der Waals surface area contributed by atoms with Crippen molar-refractivity contribution in [1.29, 1.82) is 0 Å². The van der Waals surface area contributed by atoms with Crippen molar-refractivity contribution in [2.24, 2.45) is 0 Å². The predicted octanol–water partition coefficient (Wildman–Crippen LogP) is 5.06. The van der Waals surface area contributed by atoms with Gasteiger partial charge in [0.1, 0.15) is 0 Å². The van der Waals surface area contributed by atoms with Gasteiger partial charge in [0.25, 0.3) is 20.0 Å². The van der Waals surface area contributed by atoms with E-state index < -0.39 is 20.0 Å². The Morgan fingerprint density at radius 2 is 0.875 bits per heavy atom. The maximum absolute atomic E-state index is 12.9. The fraction of sp³-hybridized carbons (Fsp3) is 0.0833. The van der Waals surface area contributed by atoms with E-state index in [4.69, 9.17) is 0 Å². The Hall–Kier alpha value is -3.36. The van der Waals surface area contributed by atoms with E-state index in [0.29, 0.717) is 22.1 Å². The van der Waals surface area contributed by atoms with Gasteiger partial charge < -0.3 is 0 Å². The van der Waals surface area contributed by atoms with Gasteiger partial charge in [0.05, 0.1) is 21.2 Å². The number of rotatable bonds is 6. The second-order valence-corrected chi connectivity index (χ2v) is 10.8. The Balaban J connectivity index is 1.82. The van der Waals surface area contributed by atoms with Crippen LogP contribution in [0.2, 0.25) is 0 Å². The number of aryl methyl sites for hydroxylation is 2. The molecule has 0 atom stereocenters. The van der Waals surface area contributed by atoms with Gasteiger partial charge in [-0.05, 0) is 73.5 Å². The average molecular weight is 467 g/mol. The molecule has 164 valence electrons. The molecule has 0 aliphatic rings. The zero-order valence-corrected chi connectivity index (χ0v) is 19.2. The molecule has 0 saturated heterocycles. The van der Waals surface area contributed by atoms with Crippen LogP contribution in [0.4, 0.5) is 11.4 Å². The Kier molecular flexibility index (Phi) is 5.66. The molecule has 0 heterocycles. The van der Waals surface area contributed by atoms with Crippen LogP contribution in [0.1, 0.15) is 11.1 Å². The molecule has 0 amide bonds. The van der Waals surface area contributed by atoms with Crippen molar-refractivity contribution in [2.45, 2.75) is 23.6 Å². The van der Waals surface area contributed by atoms with Gasteiger partial charge in [-0.15, -0.1) is 0 Å². The van der Waals surface area contributed by atoms with E-state index in [1.165, 1.54) is 24.3 Å². The van der Waals surface area contributed by atoms with Gasteiger partial charge in [0.2, 0.25) is 0 Å². The first-order valence-corrected chi connectivity index (χ1v) is 12.8. The summed E-state index contributed by atoms with van der Waals surface area (Å²) in [5.41, 5.74) is 2.66. The largest absolute Gasteiger partial charge is 0.279 e. The summed E-state index contributed by atoms with van der Waals surface area (Å²) in [6.07, 6.45) is 0. The summed E-state index contributed by atoms with van der Waals surface area (Å²) in [6, 6.07) is 23.0. The summed E-state index contributed by atoms with van der Waals surface area (Å²) in [6.45, 7) is 3.84. The molecule has 0 aliphatic heterocycles. The predicted molar refractivity (Wildman–Crippen MR) is 128 cm³/mol. The summed E-state index contributed by atoms with van der Waals surface area (Å²) >= 11 is 0. The molecule has 0 unspecified atom stereocenters. The monoisotopic (exact) mass is 466 g/mol. The van der Waals surface area contributed by atoms with Crippen molar-refractivity contribution in [2.75, 3.05) is 9.44 Å². The van der Waals surface area contributed by atoms with Gasteiger partial charge in [0.15, 0.2) is 0 Å². The van der Waals surface area contributed by atoms with E-state index in [0.717, 1.165) is 11.1 Å². The molecule has 0 fully saturated rings. The van der Waals surface area contributed by atoms with Crippen LogP contribution < -0.4 is 9.44 Å². The molecule has 0 spiro atoms. The summed E-state index contributed by atoms with van der Waals surface area (Å²) in [4.78, 5) is 0.289. The van der Waals surface area contributed by atoms with Crippen molar-refractivity contribution in [3.63, 3.8) is 0 Å². The van der Waals surface area contributed by atoms with Crippen LogP contribution >= 0.6 is 0 Å². The minimum atomic E-state index is -3.81. The van der Waals surface area contributed by atoms with Crippen molar-refractivity contribution in [3.8, 4) is 0 Å². The first-order chi connectivity index (χ1) is 15.2. The lowest BCUT2D eigenvalue weighted by atomic mass is 10.0. The molecular weight excluding hydrogens is 444 g/mol. The Morgan fingerprint density at radius 3 is 1.22 bits per heavy atom. The highest BCUT2D eigenvalue weighted by Gasteiger charge is 2.19. The number of anilines is 2. The van der Waals surface area contributed by atoms with Crippen molar-refractivity contribution in [3.05, 3.63) is 96.1 Å². The molecule has 8 heteroatoms. The lowest BCUT2D eigenvalue weighted by Crippen LogP contribution is -2.15. The van der Waals surface area contributed by atoms with Gasteiger partial charge >= 0.3 is 0 Å². The van der Waals surface area contributed by atoms with E-state index in [9.17, 15) is 16.8 Å². The first kappa shape index (κ1) is 21.9. The van der Waals surface area contributed by atoms with Gasteiger partial charge in [0, 0.05) is 10.8 Å². The van der Waals surface area contributed by atoms with Crippen molar-refractivity contribution < 1.29 is 16.8 Å². The molecule has 0 aliphatic carbocycles. The number of nitrogens with one attached hydrogen (secondary N) is 2. The van der Waals surface area contributed by atoms with E-state index in [1.54, 1.807) is 48.5 Å². The highest BCUT2D eigenvalue weighted by Crippen LogP contribution is 2.34. The second kappa shape index (κ2) is 8.29. The van der Waals surface area contributed by atoms with Gasteiger partial charge in [-0.1, -0.05) is 36.4 Å². The number of sulfonamides is 2. The number of hydrogen-bond acceptors (Lipinski definition) is 4. The fourth-order valence-electron chi connectivity index (χ4n) is 3.39. The van der Waals surface area contributed by atoms with E-state index in [2.05, 4.69) is 9.44 Å². The zero-order valence-electron chi connectivity index (χ0n) is 17.5. The summed E-state index contributed by atoms with van der Waals surface area (Å²) in [5.74, 6) is 0. The van der Waals surface area contributed by atoms with E-state index >= 15 is 0 Å². The quantitative estimate of drug-likeness (QED) is 0.416. The maximum atomic E-state index is 12.9. The Labute approximate surface area is 188 Å². The molecular formula is C24H22N2O4S2. The average Bonchev–Trinajstić information content (AvgIpc) is 2.78. The Morgan fingerprint density at radius 1 is 0.531 bits per heavy atom. The smallest absolute Gasteiger partial charge is 0.261 e. The summed E-state index contributed by atoms with van der Waals surface area (Å²) in [7, 11) is -7.61. The van der Waals surface area contributed by atoms with Crippen LogP contribution in [0, 0.1) is 13.8 Å². The van der Waals surface area contributed by atoms with Gasteiger partial charge in [-0.2, -0.15) is 0 Å². The molecule has 0 radical (unpaired) electrons. The number of hydrogen-bond donors (Lipinski definition) is 2. The lowest BCUT2D eigenvalue weighted by molar-refractivity contribution is 0.599. The van der Waals surface area contributed by atoms with Gasteiger partial charge in [-0.25, -0.2) is 16.8 Å². The normalized spacial score (nSPS) is 11.9. The first-order valence-electron chi connectivity index (χ1n) is 9.87. The standard InChI is InChI=1S/C24H22N2O4S2/c1-17-15-21-22(16-18(17)2)24(26-32(29,30)20-11-7-4-8-12-20)14-13-23(21)25-31(27,28)19-9-5-3-6-10-19/h3-16,25-26H,1-2H3. The molecule has 0 aromatic heterocycles. The molecule has 32 heavy (non-hydrogen) atoms. The molecule has 0 saturated carbocycles. The minimum absolute atomic E-state index is 0.144. The number of benzene rings is 4. The summed E-state index contributed by atoms with van der Waals surface area (Å²) in [5, 5.41) is 1.20. The topological polar surface area (TPSA) is 92.3 Å². The molecule has 6 nitrogen and oxygen atoms in total. The van der Waals surface area contributed by atoms with E-state index in [-0.39, 0.29) is 9.79 Å². The summed E-state index contributed by atoms with van der Waals surface area (Å²) < 4.78 is 56.8. The Bertz CT molecular complexity index is 1380. The molecule has 2 N–H and O–H groups in total. The molecule has 4 rings (SSSR count).